The lowest BCUT2D eigenvalue weighted by atomic mass is 9.90. The summed E-state index contributed by atoms with van der Waals surface area (Å²) < 4.78 is 0. The van der Waals surface area contributed by atoms with Crippen LogP contribution in [0, 0.1) is 5.41 Å². The highest BCUT2D eigenvalue weighted by molar-refractivity contribution is 5.94. The summed E-state index contributed by atoms with van der Waals surface area (Å²) in [6.45, 7) is 3.99. The largest absolute Gasteiger partial charge is 0.338 e. The predicted molar refractivity (Wildman–Crippen MR) is 93.3 cm³/mol. The van der Waals surface area contributed by atoms with Gasteiger partial charge in [-0.25, -0.2) is 0 Å². The summed E-state index contributed by atoms with van der Waals surface area (Å²) in [6, 6.07) is 1.83. The number of rotatable bonds is 2. The number of nitrogens with zero attached hydrogens (tertiary/aromatic N) is 1. The van der Waals surface area contributed by atoms with E-state index in [4.69, 9.17) is 5.73 Å². The van der Waals surface area contributed by atoms with E-state index in [1.165, 1.54) is 6.42 Å². The fourth-order valence-electron chi connectivity index (χ4n) is 3.54. The van der Waals surface area contributed by atoms with Gasteiger partial charge in [-0.3, -0.25) is 9.59 Å². The molecule has 1 unspecified atom stereocenters. The number of H-pyrrole nitrogens is 1. The van der Waals surface area contributed by atoms with E-state index in [0.29, 0.717) is 25.2 Å². The van der Waals surface area contributed by atoms with Gasteiger partial charge in [0.1, 0.15) is 5.56 Å². The maximum atomic E-state index is 12.7. The third-order valence-electron chi connectivity index (χ3n) is 5.16. The number of halogens is 1. The van der Waals surface area contributed by atoms with Gasteiger partial charge in [0.15, 0.2) is 0 Å². The van der Waals surface area contributed by atoms with Crippen LogP contribution in [0.1, 0.15) is 54.2 Å². The maximum Gasteiger partial charge on any atom is 0.261 e. The molecular weight excluding hydrogens is 314 g/mol. The van der Waals surface area contributed by atoms with Crippen LogP contribution in [0.5, 0.6) is 0 Å². The Labute approximate surface area is 143 Å². The van der Waals surface area contributed by atoms with E-state index in [9.17, 15) is 9.59 Å². The predicted octanol–water partition coefficient (Wildman–Crippen LogP) is 1.88. The third-order valence-corrected chi connectivity index (χ3v) is 5.16. The zero-order valence-electron chi connectivity index (χ0n) is 13.7. The molecule has 1 atom stereocenters. The fraction of sp³-hybridized carbons (Fsp3) is 0.647. The molecule has 1 fully saturated rings. The molecule has 1 amide bonds. The Bertz CT molecular complexity index is 643. The molecule has 3 N–H and O–H groups in total. The van der Waals surface area contributed by atoms with Crippen LogP contribution in [-0.2, 0) is 12.8 Å². The molecule has 5 nitrogen and oxygen atoms in total. The average molecular weight is 340 g/mol. The van der Waals surface area contributed by atoms with Crippen molar-refractivity contribution < 1.29 is 4.79 Å². The Balaban J connectivity index is 0.00000192. The molecule has 0 bridgehead atoms. The van der Waals surface area contributed by atoms with Gasteiger partial charge in [-0.1, -0.05) is 13.3 Å². The number of nitrogens with two attached hydrogens (primary N) is 1. The van der Waals surface area contributed by atoms with Crippen LogP contribution in [0.4, 0.5) is 0 Å². The molecule has 6 heteroatoms. The number of aromatic nitrogens is 1. The minimum Gasteiger partial charge on any atom is -0.338 e. The molecule has 0 spiro atoms. The minimum atomic E-state index is -0.244. The maximum absolute atomic E-state index is 12.7. The summed E-state index contributed by atoms with van der Waals surface area (Å²) in [5, 5.41) is 0. The molecule has 1 aliphatic carbocycles. The number of carbonyl (C=O) groups is 1. The van der Waals surface area contributed by atoms with E-state index in [1.54, 1.807) is 4.90 Å². The second-order valence-electron chi connectivity index (χ2n) is 7.07. The van der Waals surface area contributed by atoms with Gasteiger partial charge in [0.25, 0.3) is 11.5 Å². The first-order valence-electron chi connectivity index (χ1n) is 8.27. The molecule has 2 heterocycles. The topological polar surface area (TPSA) is 79.2 Å². The zero-order chi connectivity index (χ0) is 15.7. The molecule has 2 aliphatic rings. The SMILES string of the molecule is CC1(CN)CCN(C(=O)c2cc3c([nH]c2=O)CCCCC3)C1.Cl. The van der Waals surface area contributed by atoms with Crippen LogP contribution in [0.15, 0.2) is 10.9 Å². The number of nitrogens with one attached hydrogen (secondary N) is 1. The lowest BCUT2D eigenvalue weighted by Crippen LogP contribution is -2.37. The van der Waals surface area contributed by atoms with Gasteiger partial charge >= 0.3 is 0 Å². The second kappa shape index (κ2) is 7.05. The summed E-state index contributed by atoms with van der Waals surface area (Å²) in [5.74, 6) is -0.148. The summed E-state index contributed by atoms with van der Waals surface area (Å²) in [6.07, 6.45) is 6.18. The van der Waals surface area contributed by atoms with Crippen molar-refractivity contribution in [3.05, 3.63) is 33.2 Å². The highest BCUT2D eigenvalue weighted by atomic mass is 35.5. The van der Waals surface area contributed by atoms with Gasteiger partial charge in [0.05, 0.1) is 0 Å². The van der Waals surface area contributed by atoms with Crippen molar-refractivity contribution in [3.63, 3.8) is 0 Å². The highest BCUT2D eigenvalue weighted by Crippen LogP contribution is 2.29. The number of hydrogen-bond acceptors (Lipinski definition) is 3. The van der Waals surface area contributed by atoms with E-state index in [-0.39, 0.29) is 29.3 Å². The molecule has 1 saturated heterocycles. The quantitative estimate of drug-likeness (QED) is 0.807. The third kappa shape index (κ3) is 3.61. The van der Waals surface area contributed by atoms with Gasteiger partial charge in [-0.2, -0.15) is 0 Å². The molecule has 1 aromatic heterocycles. The lowest BCUT2D eigenvalue weighted by molar-refractivity contribution is 0.0775. The Morgan fingerprint density at radius 3 is 2.78 bits per heavy atom. The minimum absolute atomic E-state index is 0. The number of fused-ring (bicyclic) bond motifs is 1. The molecule has 0 radical (unpaired) electrons. The van der Waals surface area contributed by atoms with Crippen molar-refractivity contribution in [2.24, 2.45) is 11.1 Å². The summed E-state index contributed by atoms with van der Waals surface area (Å²) in [4.78, 5) is 29.7. The van der Waals surface area contributed by atoms with E-state index in [1.807, 2.05) is 6.07 Å². The van der Waals surface area contributed by atoms with Crippen molar-refractivity contribution in [3.8, 4) is 0 Å². The van der Waals surface area contributed by atoms with E-state index >= 15 is 0 Å². The summed E-state index contributed by atoms with van der Waals surface area (Å²) >= 11 is 0. The molecule has 0 aromatic carbocycles. The number of likely N-dealkylation sites (tertiary alicyclic amines) is 1. The number of hydrogen-bond donors (Lipinski definition) is 2. The van der Waals surface area contributed by atoms with Gasteiger partial charge in [-0.15, -0.1) is 12.4 Å². The molecular formula is C17H26ClN3O2. The Kier molecular flexibility index (Phi) is 5.53. The first-order chi connectivity index (χ1) is 10.5. The fourth-order valence-corrected chi connectivity index (χ4v) is 3.54. The first-order valence-corrected chi connectivity index (χ1v) is 8.27. The van der Waals surface area contributed by atoms with Gasteiger partial charge in [0, 0.05) is 18.8 Å². The molecule has 1 aliphatic heterocycles. The standard InChI is InChI=1S/C17H25N3O2.ClH/c1-17(10-18)7-8-20(11-17)16(22)13-9-12-5-3-2-4-6-14(12)19-15(13)21;/h9H,2-8,10-11,18H2,1H3,(H,19,21);1H. The number of aromatic amines is 1. The average Bonchev–Trinajstić information content (AvgIpc) is 2.76. The molecule has 0 saturated carbocycles. The normalized spacial score (nSPS) is 23.8. The first kappa shape index (κ1) is 18.0. The molecule has 3 rings (SSSR count). The summed E-state index contributed by atoms with van der Waals surface area (Å²) in [7, 11) is 0. The van der Waals surface area contributed by atoms with Crippen molar-refractivity contribution in [2.75, 3.05) is 19.6 Å². The number of carbonyl (C=O) groups excluding carboxylic acids is 1. The van der Waals surface area contributed by atoms with Crippen LogP contribution in [0.2, 0.25) is 0 Å². The van der Waals surface area contributed by atoms with E-state index < -0.39 is 0 Å². The second-order valence-corrected chi connectivity index (χ2v) is 7.07. The molecule has 128 valence electrons. The number of amides is 1. The summed E-state index contributed by atoms with van der Waals surface area (Å²) in [5.41, 5.74) is 7.99. The van der Waals surface area contributed by atoms with Crippen LogP contribution < -0.4 is 11.3 Å². The van der Waals surface area contributed by atoms with Crippen molar-refractivity contribution in [1.82, 2.24) is 9.88 Å². The van der Waals surface area contributed by atoms with Gasteiger partial charge < -0.3 is 15.6 Å². The number of aryl methyl sites for hydroxylation is 2. The zero-order valence-corrected chi connectivity index (χ0v) is 14.5. The Morgan fingerprint density at radius 2 is 2.09 bits per heavy atom. The van der Waals surface area contributed by atoms with Gasteiger partial charge in [0.2, 0.25) is 0 Å². The Hall–Kier alpha value is -1.33. The Morgan fingerprint density at radius 1 is 1.35 bits per heavy atom. The smallest absolute Gasteiger partial charge is 0.261 e. The van der Waals surface area contributed by atoms with Crippen molar-refractivity contribution in [2.45, 2.75) is 45.4 Å². The van der Waals surface area contributed by atoms with Crippen molar-refractivity contribution in [1.29, 1.82) is 0 Å². The van der Waals surface area contributed by atoms with Crippen LogP contribution in [0.3, 0.4) is 0 Å². The van der Waals surface area contributed by atoms with Gasteiger partial charge in [-0.05, 0) is 55.7 Å². The molecule has 1 aromatic rings. The van der Waals surface area contributed by atoms with Crippen molar-refractivity contribution >= 4 is 18.3 Å². The van der Waals surface area contributed by atoms with E-state index in [2.05, 4.69) is 11.9 Å². The highest BCUT2D eigenvalue weighted by Gasteiger charge is 2.36. The van der Waals surface area contributed by atoms with E-state index in [0.717, 1.165) is 43.4 Å². The molecule has 23 heavy (non-hydrogen) atoms. The lowest BCUT2D eigenvalue weighted by Gasteiger charge is -2.22. The monoisotopic (exact) mass is 339 g/mol. The van der Waals surface area contributed by atoms with Crippen LogP contribution in [0.25, 0.3) is 0 Å². The number of pyridine rings is 1. The van der Waals surface area contributed by atoms with Crippen LogP contribution >= 0.6 is 12.4 Å². The van der Waals surface area contributed by atoms with Crippen LogP contribution in [-0.4, -0.2) is 35.4 Å².